The molecule has 1 unspecified atom stereocenters. The van der Waals surface area contributed by atoms with Gasteiger partial charge in [-0.2, -0.15) is 0 Å². The Balaban J connectivity index is 1.51. The van der Waals surface area contributed by atoms with Gasteiger partial charge in [-0.05, 0) is 53.9 Å². The maximum Gasteiger partial charge on any atom is 0.161 e. The second-order valence-corrected chi connectivity index (χ2v) is 9.04. The van der Waals surface area contributed by atoms with Crippen molar-refractivity contribution in [3.05, 3.63) is 83.9 Å². The van der Waals surface area contributed by atoms with Crippen molar-refractivity contribution in [2.75, 3.05) is 11.1 Å². The summed E-state index contributed by atoms with van der Waals surface area (Å²) in [4.78, 5) is 9.63. The second kappa shape index (κ2) is 8.74. The summed E-state index contributed by atoms with van der Waals surface area (Å²) < 4.78 is 0. The summed E-state index contributed by atoms with van der Waals surface area (Å²) in [5.74, 6) is 1.06. The summed E-state index contributed by atoms with van der Waals surface area (Å²) in [6, 6.07) is 27.2. The molecule has 0 amide bonds. The number of halogens is 1. The summed E-state index contributed by atoms with van der Waals surface area (Å²) in [5.41, 5.74) is 6.28. The minimum Gasteiger partial charge on any atom is -0.335 e. The third kappa shape index (κ3) is 4.32. The number of hydrogen-bond donors (Lipinski definition) is 1. The van der Waals surface area contributed by atoms with Gasteiger partial charge in [0.1, 0.15) is 0 Å². The van der Waals surface area contributed by atoms with E-state index in [1.807, 2.05) is 24.3 Å². The molecule has 0 radical (unpaired) electrons. The molecule has 5 rings (SSSR count). The van der Waals surface area contributed by atoms with Crippen LogP contribution >= 0.6 is 23.4 Å². The highest BCUT2D eigenvalue weighted by Crippen LogP contribution is 2.34. The molecule has 3 nitrogen and oxygen atoms in total. The van der Waals surface area contributed by atoms with Crippen molar-refractivity contribution in [1.82, 2.24) is 4.98 Å². The van der Waals surface area contributed by atoms with Crippen molar-refractivity contribution in [1.29, 1.82) is 0 Å². The molecule has 1 aliphatic rings. The van der Waals surface area contributed by atoms with E-state index < -0.39 is 0 Å². The van der Waals surface area contributed by atoms with E-state index in [0.717, 1.165) is 56.3 Å². The van der Waals surface area contributed by atoms with Crippen LogP contribution in [0.2, 0.25) is 5.02 Å². The van der Waals surface area contributed by atoms with Gasteiger partial charge in [0.15, 0.2) is 5.17 Å². The van der Waals surface area contributed by atoms with Crippen LogP contribution in [-0.2, 0) is 0 Å². The SMILES string of the molecule is CCC1CSC(Nc2ccc(-c3cc(-c4ccccc4)c4cc(Cl)ccc4n3)cc2)=N1. The highest BCUT2D eigenvalue weighted by Gasteiger charge is 2.16. The molecule has 1 aliphatic heterocycles. The van der Waals surface area contributed by atoms with Gasteiger partial charge < -0.3 is 5.32 Å². The fourth-order valence-electron chi connectivity index (χ4n) is 3.74. The van der Waals surface area contributed by atoms with Crippen molar-refractivity contribution in [2.24, 2.45) is 4.99 Å². The summed E-state index contributed by atoms with van der Waals surface area (Å²) >= 11 is 8.08. The van der Waals surface area contributed by atoms with E-state index in [2.05, 4.69) is 66.8 Å². The van der Waals surface area contributed by atoms with E-state index in [1.165, 1.54) is 0 Å². The first-order valence-corrected chi connectivity index (χ1v) is 11.8. The summed E-state index contributed by atoms with van der Waals surface area (Å²) in [6.07, 6.45) is 1.08. The normalized spacial score (nSPS) is 15.8. The second-order valence-electron chi connectivity index (χ2n) is 7.59. The molecule has 0 fully saturated rings. The van der Waals surface area contributed by atoms with Gasteiger partial charge in [0.25, 0.3) is 0 Å². The highest BCUT2D eigenvalue weighted by atomic mass is 35.5. The molecule has 0 saturated heterocycles. The lowest BCUT2D eigenvalue weighted by molar-refractivity contribution is 0.738. The lowest BCUT2D eigenvalue weighted by Gasteiger charge is -2.12. The van der Waals surface area contributed by atoms with Crippen LogP contribution in [0.1, 0.15) is 13.3 Å². The van der Waals surface area contributed by atoms with Gasteiger partial charge >= 0.3 is 0 Å². The number of nitrogens with zero attached hydrogens (tertiary/aromatic N) is 2. The molecule has 0 saturated carbocycles. The Morgan fingerprint density at radius 1 is 0.968 bits per heavy atom. The maximum atomic E-state index is 6.29. The number of aromatic nitrogens is 1. The van der Waals surface area contributed by atoms with Gasteiger partial charge in [-0.25, -0.2) is 4.98 Å². The van der Waals surface area contributed by atoms with Gasteiger partial charge in [0.05, 0.1) is 17.3 Å². The summed E-state index contributed by atoms with van der Waals surface area (Å²) in [7, 11) is 0. The number of aliphatic imine (C=N–C) groups is 1. The van der Waals surface area contributed by atoms with Crippen LogP contribution in [0.3, 0.4) is 0 Å². The molecule has 0 spiro atoms. The fourth-order valence-corrected chi connectivity index (χ4v) is 4.99. The lowest BCUT2D eigenvalue weighted by Crippen LogP contribution is -2.05. The van der Waals surface area contributed by atoms with E-state index in [9.17, 15) is 0 Å². The van der Waals surface area contributed by atoms with Gasteiger partial charge in [-0.1, -0.05) is 72.8 Å². The molecule has 154 valence electrons. The standard InChI is InChI=1S/C26H22ClN3S/c1-2-20-16-31-26(28-20)29-21-11-8-18(9-12-21)25-15-22(17-6-4-3-5-7-17)23-14-19(27)10-13-24(23)30-25/h3-15,20H,2,16H2,1H3,(H,28,29). The maximum absolute atomic E-state index is 6.29. The molecule has 31 heavy (non-hydrogen) atoms. The van der Waals surface area contributed by atoms with E-state index in [1.54, 1.807) is 11.8 Å². The molecule has 1 N–H and O–H groups in total. The molecule has 0 aliphatic carbocycles. The number of amidine groups is 1. The van der Waals surface area contributed by atoms with Crippen LogP contribution in [-0.4, -0.2) is 21.9 Å². The zero-order valence-corrected chi connectivity index (χ0v) is 18.8. The van der Waals surface area contributed by atoms with Gasteiger partial charge in [-0.15, -0.1) is 0 Å². The number of anilines is 1. The Morgan fingerprint density at radius 3 is 2.52 bits per heavy atom. The Hall–Kier alpha value is -2.82. The molecular weight excluding hydrogens is 422 g/mol. The smallest absolute Gasteiger partial charge is 0.161 e. The lowest BCUT2D eigenvalue weighted by atomic mass is 9.98. The molecule has 3 aromatic carbocycles. The Labute approximate surface area is 191 Å². The number of nitrogens with one attached hydrogen (secondary N) is 1. The number of benzene rings is 3. The topological polar surface area (TPSA) is 37.3 Å². The van der Waals surface area contributed by atoms with Crippen LogP contribution in [0, 0.1) is 0 Å². The zero-order valence-electron chi connectivity index (χ0n) is 17.2. The molecular formula is C26H22ClN3S. The number of thioether (sulfide) groups is 1. The van der Waals surface area contributed by atoms with E-state index in [4.69, 9.17) is 21.6 Å². The van der Waals surface area contributed by atoms with Crippen molar-refractivity contribution in [2.45, 2.75) is 19.4 Å². The first-order valence-electron chi connectivity index (χ1n) is 10.4. The van der Waals surface area contributed by atoms with E-state index >= 15 is 0 Å². The molecule has 2 heterocycles. The largest absolute Gasteiger partial charge is 0.335 e. The predicted molar refractivity (Wildman–Crippen MR) is 135 cm³/mol. The third-order valence-electron chi connectivity index (χ3n) is 5.47. The van der Waals surface area contributed by atoms with Crippen LogP contribution < -0.4 is 5.32 Å². The quantitative estimate of drug-likeness (QED) is 0.354. The predicted octanol–water partition coefficient (Wildman–Crippen LogP) is 7.52. The first-order chi connectivity index (χ1) is 15.2. The first kappa shape index (κ1) is 20.1. The highest BCUT2D eigenvalue weighted by molar-refractivity contribution is 8.14. The average molecular weight is 444 g/mol. The monoisotopic (exact) mass is 443 g/mol. The van der Waals surface area contributed by atoms with Crippen LogP contribution in [0.4, 0.5) is 5.69 Å². The zero-order chi connectivity index (χ0) is 21.2. The van der Waals surface area contributed by atoms with Gasteiger partial charge in [0.2, 0.25) is 0 Å². The third-order valence-corrected chi connectivity index (χ3v) is 6.74. The molecule has 4 aromatic rings. The van der Waals surface area contributed by atoms with Crippen LogP contribution in [0.5, 0.6) is 0 Å². The van der Waals surface area contributed by atoms with E-state index in [0.29, 0.717) is 11.1 Å². The van der Waals surface area contributed by atoms with Crippen molar-refractivity contribution < 1.29 is 0 Å². The summed E-state index contributed by atoms with van der Waals surface area (Å²) in [6.45, 7) is 2.18. The molecule has 0 bridgehead atoms. The fraction of sp³-hybridized carbons (Fsp3) is 0.154. The Morgan fingerprint density at radius 2 is 1.77 bits per heavy atom. The molecule has 1 aromatic heterocycles. The molecule has 5 heteroatoms. The summed E-state index contributed by atoms with van der Waals surface area (Å²) in [5, 5.41) is 6.21. The van der Waals surface area contributed by atoms with E-state index in [-0.39, 0.29) is 0 Å². The number of hydrogen-bond acceptors (Lipinski definition) is 4. The number of rotatable bonds is 4. The minimum absolute atomic E-state index is 0.429. The van der Waals surface area contributed by atoms with Crippen molar-refractivity contribution in [3.8, 4) is 22.4 Å². The number of fused-ring (bicyclic) bond motifs is 1. The van der Waals surface area contributed by atoms with Crippen molar-refractivity contribution >= 4 is 45.1 Å². The van der Waals surface area contributed by atoms with Crippen LogP contribution in [0.15, 0.2) is 83.9 Å². The van der Waals surface area contributed by atoms with Gasteiger partial charge in [-0.3, -0.25) is 4.99 Å². The van der Waals surface area contributed by atoms with Crippen molar-refractivity contribution in [3.63, 3.8) is 0 Å². The Bertz CT molecular complexity index is 1250. The number of pyridine rings is 1. The Kier molecular flexibility index (Phi) is 5.66. The van der Waals surface area contributed by atoms with Crippen LogP contribution in [0.25, 0.3) is 33.3 Å². The van der Waals surface area contributed by atoms with Gasteiger partial charge in [0, 0.05) is 27.4 Å². The average Bonchev–Trinajstić information content (AvgIpc) is 3.27. The minimum atomic E-state index is 0.429. The molecule has 1 atom stereocenters.